The zero-order valence-electron chi connectivity index (χ0n) is 12.0. The van der Waals surface area contributed by atoms with Crippen LogP contribution in [0.3, 0.4) is 0 Å². The number of nitrogens with zero attached hydrogens (tertiary/aromatic N) is 1. The van der Waals surface area contributed by atoms with Crippen LogP contribution in [0.5, 0.6) is 0 Å². The maximum absolute atomic E-state index is 11.8. The highest BCUT2D eigenvalue weighted by atomic mass is 16.6. The summed E-state index contributed by atoms with van der Waals surface area (Å²) >= 11 is 0. The van der Waals surface area contributed by atoms with E-state index in [1.54, 1.807) is 0 Å². The number of amides is 1. The van der Waals surface area contributed by atoms with Crippen LogP contribution in [0.15, 0.2) is 0 Å². The average Bonchev–Trinajstić information content (AvgIpc) is 2.49. The summed E-state index contributed by atoms with van der Waals surface area (Å²) in [7, 11) is 0. The highest BCUT2D eigenvalue weighted by Gasteiger charge is 2.17. The second-order valence-electron chi connectivity index (χ2n) is 5.85. The van der Waals surface area contributed by atoms with Crippen LogP contribution in [0, 0.1) is 5.92 Å². The lowest BCUT2D eigenvalue weighted by Gasteiger charge is -2.26. The van der Waals surface area contributed by atoms with Gasteiger partial charge in [-0.15, -0.1) is 0 Å². The van der Waals surface area contributed by atoms with Gasteiger partial charge < -0.3 is 15.0 Å². The molecule has 4 nitrogen and oxygen atoms in total. The molecule has 2 aliphatic heterocycles. The number of hydrogen-bond donors (Lipinski definition) is 1. The predicted octanol–water partition coefficient (Wildman–Crippen LogP) is 2.78. The third-order valence-electron chi connectivity index (χ3n) is 4.31. The number of hydrogen-bond acceptors (Lipinski definition) is 3. The highest BCUT2D eigenvalue weighted by Crippen LogP contribution is 2.18. The molecule has 0 aromatic heterocycles. The molecule has 2 aliphatic rings. The number of unbranched alkanes of at least 4 members (excludes halogenated alkanes) is 1. The molecule has 4 heteroatoms. The van der Waals surface area contributed by atoms with E-state index in [9.17, 15) is 4.79 Å². The molecule has 0 unspecified atom stereocenters. The molecule has 1 amide bonds. The van der Waals surface area contributed by atoms with Gasteiger partial charge in [0.05, 0.1) is 6.61 Å². The number of carbonyl (C=O) groups excluding carboxylic acids is 1. The topological polar surface area (TPSA) is 41.6 Å². The molecule has 0 aromatic carbocycles. The quantitative estimate of drug-likeness (QED) is 0.780. The maximum Gasteiger partial charge on any atom is 0.409 e. The van der Waals surface area contributed by atoms with Gasteiger partial charge in [-0.3, -0.25) is 0 Å². The summed E-state index contributed by atoms with van der Waals surface area (Å²) in [6, 6.07) is 0. The Morgan fingerprint density at radius 1 is 1.11 bits per heavy atom. The lowest BCUT2D eigenvalue weighted by Crippen LogP contribution is -2.36. The molecule has 19 heavy (non-hydrogen) atoms. The summed E-state index contributed by atoms with van der Waals surface area (Å²) in [4.78, 5) is 13.6. The molecular formula is C15H28N2O2. The van der Waals surface area contributed by atoms with Crippen LogP contribution in [0.25, 0.3) is 0 Å². The van der Waals surface area contributed by atoms with E-state index in [2.05, 4.69) is 5.32 Å². The van der Waals surface area contributed by atoms with Crippen LogP contribution in [-0.4, -0.2) is 43.8 Å². The van der Waals surface area contributed by atoms with Gasteiger partial charge in [0.25, 0.3) is 0 Å². The van der Waals surface area contributed by atoms with Crippen molar-refractivity contribution < 1.29 is 9.53 Å². The molecule has 0 saturated carbocycles. The second-order valence-corrected chi connectivity index (χ2v) is 5.85. The Kier molecular flexibility index (Phi) is 6.48. The molecule has 0 aromatic rings. The highest BCUT2D eigenvalue weighted by molar-refractivity contribution is 5.67. The fraction of sp³-hybridized carbons (Fsp3) is 0.933. The molecule has 0 bridgehead atoms. The minimum absolute atomic E-state index is 0.0958. The molecule has 2 heterocycles. The van der Waals surface area contributed by atoms with Gasteiger partial charge in [0, 0.05) is 13.1 Å². The molecule has 0 atom stereocenters. The zero-order chi connectivity index (χ0) is 13.3. The van der Waals surface area contributed by atoms with E-state index < -0.39 is 0 Å². The Morgan fingerprint density at radius 2 is 1.84 bits per heavy atom. The Morgan fingerprint density at radius 3 is 2.58 bits per heavy atom. The number of nitrogens with one attached hydrogen (secondary N) is 1. The summed E-state index contributed by atoms with van der Waals surface area (Å²) < 4.78 is 5.35. The SMILES string of the molecule is O=C(OCCCCC1CCNCC1)N1CCCCC1. The molecule has 2 rings (SSSR count). The van der Waals surface area contributed by atoms with E-state index in [-0.39, 0.29) is 6.09 Å². The van der Waals surface area contributed by atoms with Gasteiger partial charge in [-0.1, -0.05) is 6.42 Å². The van der Waals surface area contributed by atoms with Crippen molar-refractivity contribution in [2.45, 2.75) is 51.4 Å². The molecular weight excluding hydrogens is 240 g/mol. The molecule has 110 valence electrons. The van der Waals surface area contributed by atoms with Gasteiger partial charge in [0.2, 0.25) is 0 Å². The molecule has 1 N–H and O–H groups in total. The van der Waals surface area contributed by atoms with E-state index in [4.69, 9.17) is 4.74 Å². The smallest absolute Gasteiger partial charge is 0.409 e. The first-order valence-corrected chi connectivity index (χ1v) is 7.98. The van der Waals surface area contributed by atoms with Crippen LogP contribution in [0.4, 0.5) is 4.79 Å². The van der Waals surface area contributed by atoms with Gasteiger partial charge in [-0.2, -0.15) is 0 Å². The van der Waals surface area contributed by atoms with Crippen molar-refractivity contribution in [2.24, 2.45) is 5.92 Å². The number of rotatable bonds is 5. The number of carbonyl (C=O) groups is 1. The monoisotopic (exact) mass is 268 g/mol. The van der Waals surface area contributed by atoms with Gasteiger partial charge in [0.1, 0.15) is 0 Å². The largest absolute Gasteiger partial charge is 0.449 e. The normalized spacial score (nSPS) is 21.4. The van der Waals surface area contributed by atoms with Gasteiger partial charge in [-0.05, 0) is 64.0 Å². The molecule has 0 radical (unpaired) electrons. The summed E-state index contributed by atoms with van der Waals surface area (Å²) in [5.41, 5.74) is 0. The predicted molar refractivity (Wildman–Crippen MR) is 76.2 cm³/mol. The van der Waals surface area contributed by atoms with Crippen molar-refractivity contribution in [3.05, 3.63) is 0 Å². The van der Waals surface area contributed by atoms with Crippen LogP contribution in [0.2, 0.25) is 0 Å². The Labute approximate surface area is 116 Å². The fourth-order valence-corrected chi connectivity index (χ4v) is 3.03. The van der Waals surface area contributed by atoms with E-state index in [1.807, 2.05) is 4.90 Å². The third-order valence-corrected chi connectivity index (χ3v) is 4.31. The summed E-state index contributed by atoms with van der Waals surface area (Å²) in [5.74, 6) is 0.888. The Hall–Kier alpha value is -0.770. The van der Waals surface area contributed by atoms with Crippen molar-refractivity contribution in [1.29, 1.82) is 0 Å². The minimum atomic E-state index is -0.0958. The summed E-state index contributed by atoms with van der Waals surface area (Å²) in [6.45, 7) is 4.71. The van der Waals surface area contributed by atoms with Crippen molar-refractivity contribution >= 4 is 6.09 Å². The average molecular weight is 268 g/mol. The fourth-order valence-electron chi connectivity index (χ4n) is 3.03. The second kappa shape index (κ2) is 8.41. The maximum atomic E-state index is 11.8. The zero-order valence-corrected chi connectivity index (χ0v) is 12.0. The first kappa shape index (κ1) is 14.6. The van der Waals surface area contributed by atoms with Crippen molar-refractivity contribution in [1.82, 2.24) is 10.2 Å². The van der Waals surface area contributed by atoms with Crippen molar-refractivity contribution in [2.75, 3.05) is 32.8 Å². The van der Waals surface area contributed by atoms with E-state index in [0.29, 0.717) is 6.61 Å². The number of likely N-dealkylation sites (tertiary alicyclic amines) is 1. The Balaban J connectivity index is 1.47. The first-order chi connectivity index (χ1) is 9.36. The van der Waals surface area contributed by atoms with Crippen LogP contribution in [-0.2, 0) is 4.74 Å². The molecule has 2 fully saturated rings. The lowest BCUT2D eigenvalue weighted by atomic mass is 9.93. The van der Waals surface area contributed by atoms with Gasteiger partial charge in [-0.25, -0.2) is 4.79 Å². The molecule has 2 saturated heterocycles. The minimum Gasteiger partial charge on any atom is -0.449 e. The van der Waals surface area contributed by atoms with Gasteiger partial charge >= 0.3 is 6.09 Å². The van der Waals surface area contributed by atoms with E-state index >= 15 is 0 Å². The van der Waals surface area contributed by atoms with Crippen molar-refractivity contribution in [3.63, 3.8) is 0 Å². The van der Waals surface area contributed by atoms with Crippen LogP contribution >= 0.6 is 0 Å². The van der Waals surface area contributed by atoms with E-state index in [1.165, 1.54) is 45.2 Å². The summed E-state index contributed by atoms with van der Waals surface area (Å²) in [6.07, 6.45) is 9.54. The van der Waals surface area contributed by atoms with E-state index in [0.717, 1.165) is 38.3 Å². The lowest BCUT2D eigenvalue weighted by molar-refractivity contribution is 0.0932. The van der Waals surface area contributed by atoms with Crippen molar-refractivity contribution in [3.8, 4) is 0 Å². The number of piperidine rings is 2. The third kappa shape index (κ3) is 5.39. The van der Waals surface area contributed by atoms with Crippen LogP contribution < -0.4 is 5.32 Å². The molecule has 0 aliphatic carbocycles. The summed E-state index contributed by atoms with van der Waals surface area (Å²) in [5, 5.41) is 3.39. The Bertz CT molecular complexity index is 259. The van der Waals surface area contributed by atoms with Crippen LogP contribution in [0.1, 0.15) is 51.4 Å². The standard InChI is InChI=1S/C15H28N2O2/c18-15(17-11-3-1-4-12-17)19-13-5-2-6-14-7-9-16-10-8-14/h14,16H,1-13H2. The molecule has 0 spiro atoms. The van der Waals surface area contributed by atoms with Gasteiger partial charge in [0.15, 0.2) is 0 Å². The number of ether oxygens (including phenoxy) is 1. The first-order valence-electron chi connectivity index (χ1n) is 7.98.